The lowest BCUT2D eigenvalue weighted by molar-refractivity contribution is 0.256. The number of amides is 2. The summed E-state index contributed by atoms with van der Waals surface area (Å²) >= 11 is 3.39. The monoisotopic (exact) mass is 330 g/mol. The SMILES string of the molecule is CC1Cc2ccccc2N1C(=O)Nc1ccc(Br)cc1. The quantitative estimate of drug-likeness (QED) is 0.824. The summed E-state index contributed by atoms with van der Waals surface area (Å²) in [5.74, 6) is 0. The van der Waals surface area contributed by atoms with Crippen molar-refractivity contribution < 1.29 is 4.79 Å². The highest BCUT2D eigenvalue weighted by Gasteiger charge is 2.30. The molecule has 4 heteroatoms. The van der Waals surface area contributed by atoms with E-state index in [1.165, 1.54) is 5.56 Å². The minimum Gasteiger partial charge on any atom is -0.308 e. The third-order valence-electron chi connectivity index (χ3n) is 3.52. The van der Waals surface area contributed by atoms with E-state index in [-0.39, 0.29) is 12.1 Å². The number of urea groups is 1. The zero-order chi connectivity index (χ0) is 14.1. The van der Waals surface area contributed by atoms with Gasteiger partial charge in [-0.1, -0.05) is 34.1 Å². The van der Waals surface area contributed by atoms with E-state index in [0.29, 0.717) is 0 Å². The second-order valence-corrected chi connectivity index (χ2v) is 5.90. The van der Waals surface area contributed by atoms with E-state index in [4.69, 9.17) is 0 Å². The van der Waals surface area contributed by atoms with Gasteiger partial charge in [0.1, 0.15) is 0 Å². The summed E-state index contributed by atoms with van der Waals surface area (Å²) in [6.07, 6.45) is 0.907. The molecule has 0 aliphatic carbocycles. The largest absolute Gasteiger partial charge is 0.326 e. The molecule has 3 nitrogen and oxygen atoms in total. The second-order valence-electron chi connectivity index (χ2n) is 4.99. The smallest absolute Gasteiger partial charge is 0.308 e. The molecular formula is C16H15BrN2O. The molecule has 1 atom stereocenters. The number of nitrogens with one attached hydrogen (secondary N) is 1. The van der Waals surface area contributed by atoms with Gasteiger partial charge in [-0.05, 0) is 49.2 Å². The second kappa shape index (κ2) is 5.29. The zero-order valence-corrected chi connectivity index (χ0v) is 12.7. The molecule has 1 N–H and O–H groups in total. The molecule has 2 aromatic rings. The van der Waals surface area contributed by atoms with Crippen molar-refractivity contribution in [3.8, 4) is 0 Å². The first-order valence-corrected chi connectivity index (χ1v) is 7.38. The van der Waals surface area contributed by atoms with Crippen LogP contribution in [0.5, 0.6) is 0 Å². The number of halogens is 1. The summed E-state index contributed by atoms with van der Waals surface area (Å²) in [4.78, 5) is 14.3. The Morgan fingerprint density at radius 1 is 1.20 bits per heavy atom. The Morgan fingerprint density at radius 2 is 1.90 bits per heavy atom. The Kier molecular flexibility index (Phi) is 3.49. The number of rotatable bonds is 1. The first kappa shape index (κ1) is 13.2. The summed E-state index contributed by atoms with van der Waals surface area (Å²) in [6.45, 7) is 2.07. The molecule has 0 radical (unpaired) electrons. The van der Waals surface area contributed by atoms with E-state index >= 15 is 0 Å². The van der Waals surface area contributed by atoms with Gasteiger partial charge in [-0.15, -0.1) is 0 Å². The Labute approximate surface area is 126 Å². The number of fused-ring (bicyclic) bond motifs is 1. The molecule has 2 amide bonds. The van der Waals surface area contributed by atoms with Gasteiger partial charge in [-0.25, -0.2) is 4.79 Å². The van der Waals surface area contributed by atoms with Gasteiger partial charge in [-0.2, -0.15) is 0 Å². The van der Waals surface area contributed by atoms with Gasteiger partial charge in [0.05, 0.1) is 0 Å². The first-order valence-electron chi connectivity index (χ1n) is 6.59. The van der Waals surface area contributed by atoms with E-state index in [1.54, 1.807) is 0 Å². The molecule has 0 bridgehead atoms. The molecule has 1 heterocycles. The van der Waals surface area contributed by atoms with Crippen molar-refractivity contribution in [1.29, 1.82) is 0 Å². The van der Waals surface area contributed by atoms with Crippen LogP contribution in [-0.4, -0.2) is 12.1 Å². The number of hydrogen-bond acceptors (Lipinski definition) is 1. The van der Waals surface area contributed by atoms with Gasteiger partial charge >= 0.3 is 6.03 Å². The Bertz CT molecular complexity index is 639. The highest BCUT2D eigenvalue weighted by atomic mass is 79.9. The van der Waals surface area contributed by atoms with Crippen molar-refractivity contribution in [2.24, 2.45) is 0 Å². The molecule has 2 aromatic carbocycles. The summed E-state index contributed by atoms with van der Waals surface area (Å²) < 4.78 is 0.996. The topological polar surface area (TPSA) is 32.3 Å². The normalized spacial score (nSPS) is 16.9. The molecule has 1 aliphatic heterocycles. The van der Waals surface area contributed by atoms with Crippen molar-refractivity contribution in [2.75, 3.05) is 10.2 Å². The minimum atomic E-state index is -0.0789. The maximum Gasteiger partial charge on any atom is 0.326 e. The highest BCUT2D eigenvalue weighted by molar-refractivity contribution is 9.10. The molecule has 3 rings (SSSR count). The molecule has 0 saturated carbocycles. The molecular weight excluding hydrogens is 316 g/mol. The van der Waals surface area contributed by atoms with E-state index < -0.39 is 0 Å². The van der Waals surface area contributed by atoms with Crippen LogP contribution in [0.2, 0.25) is 0 Å². The van der Waals surface area contributed by atoms with E-state index in [2.05, 4.69) is 34.2 Å². The number of benzene rings is 2. The van der Waals surface area contributed by atoms with E-state index in [0.717, 1.165) is 22.3 Å². The molecule has 0 aromatic heterocycles. The number of para-hydroxylation sites is 1. The molecule has 1 unspecified atom stereocenters. The molecule has 20 heavy (non-hydrogen) atoms. The summed E-state index contributed by atoms with van der Waals surface area (Å²) in [5.41, 5.74) is 3.04. The number of hydrogen-bond donors (Lipinski definition) is 1. The van der Waals surface area contributed by atoms with Crippen LogP contribution >= 0.6 is 15.9 Å². The van der Waals surface area contributed by atoms with Crippen molar-refractivity contribution >= 4 is 33.3 Å². The summed E-state index contributed by atoms with van der Waals surface area (Å²) in [5, 5.41) is 2.95. The lowest BCUT2D eigenvalue weighted by Gasteiger charge is -2.23. The van der Waals surface area contributed by atoms with Gasteiger partial charge in [0.15, 0.2) is 0 Å². The molecule has 102 valence electrons. The standard InChI is InChI=1S/C16H15BrN2O/c1-11-10-12-4-2-3-5-15(12)19(11)16(20)18-14-8-6-13(17)7-9-14/h2-9,11H,10H2,1H3,(H,18,20). The van der Waals surface area contributed by atoms with Gasteiger partial charge < -0.3 is 5.32 Å². The van der Waals surface area contributed by atoms with E-state index in [1.807, 2.05) is 47.4 Å². The van der Waals surface area contributed by atoms with Crippen LogP contribution in [0.15, 0.2) is 53.0 Å². The third-order valence-corrected chi connectivity index (χ3v) is 4.05. The molecule has 0 fully saturated rings. The number of carbonyl (C=O) groups is 1. The minimum absolute atomic E-state index is 0.0789. The van der Waals surface area contributed by atoms with Gasteiger partial charge in [0.25, 0.3) is 0 Å². The average molecular weight is 331 g/mol. The van der Waals surface area contributed by atoms with Crippen molar-refractivity contribution in [3.63, 3.8) is 0 Å². The number of anilines is 2. The fraction of sp³-hybridized carbons (Fsp3) is 0.188. The van der Waals surface area contributed by atoms with Gasteiger partial charge in [0, 0.05) is 21.9 Å². The van der Waals surface area contributed by atoms with Crippen molar-refractivity contribution in [2.45, 2.75) is 19.4 Å². The highest BCUT2D eigenvalue weighted by Crippen LogP contribution is 2.32. The first-order chi connectivity index (χ1) is 9.65. The molecule has 1 aliphatic rings. The average Bonchev–Trinajstić information content (AvgIpc) is 2.77. The van der Waals surface area contributed by atoms with Gasteiger partial charge in [0.2, 0.25) is 0 Å². The predicted molar refractivity (Wildman–Crippen MR) is 85.2 cm³/mol. The Morgan fingerprint density at radius 3 is 2.65 bits per heavy atom. The lowest BCUT2D eigenvalue weighted by atomic mass is 10.1. The van der Waals surface area contributed by atoms with Crippen LogP contribution < -0.4 is 10.2 Å². The fourth-order valence-corrected chi connectivity index (χ4v) is 2.86. The maximum absolute atomic E-state index is 12.5. The predicted octanol–water partition coefficient (Wildman–Crippen LogP) is 4.43. The van der Waals surface area contributed by atoms with Crippen LogP contribution in [0.1, 0.15) is 12.5 Å². The third kappa shape index (κ3) is 2.43. The number of nitrogens with zero attached hydrogens (tertiary/aromatic N) is 1. The van der Waals surface area contributed by atoms with Crippen molar-refractivity contribution in [1.82, 2.24) is 0 Å². The lowest BCUT2D eigenvalue weighted by Crippen LogP contribution is -2.39. The van der Waals surface area contributed by atoms with Crippen LogP contribution in [0.3, 0.4) is 0 Å². The summed E-state index contributed by atoms with van der Waals surface area (Å²) in [6, 6.07) is 15.8. The van der Waals surface area contributed by atoms with Crippen molar-refractivity contribution in [3.05, 3.63) is 58.6 Å². The Hall–Kier alpha value is -1.81. The molecule has 0 saturated heterocycles. The maximum atomic E-state index is 12.5. The zero-order valence-electron chi connectivity index (χ0n) is 11.1. The fourth-order valence-electron chi connectivity index (χ4n) is 2.59. The molecule has 0 spiro atoms. The van der Waals surface area contributed by atoms with Crippen LogP contribution in [-0.2, 0) is 6.42 Å². The van der Waals surface area contributed by atoms with E-state index in [9.17, 15) is 4.79 Å². The van der Waals surface area contributed by atoms with Crippen LogP contribution in [0, 0.1) is 0 Å². The van der Waals surface area contributed by atoms with Gasteiger partial charge in [-0.3, -0.25) is 4.90 Å². The Balaban J connectivity index is 1.82. The number of carbonyl (C=O) groups excluding carboxylic acids is 1. The summed E-state index contributed by atoms with van der Waals surface area (Å²) in [7, 11) is 0. The van der Waals surface area contributed by atoms with Crippen LogP contribution in [0.25, 0.3) is 0 Å². The van der Waals surface area contributed by atoms with Crippen LogP contribution in [0.4, 0.5) is 16.2 Å².